The second kappa shape index (κ2) is 4.41. The first kappa shape index (κ1) is 11.2. The van der Waals surface area contributed by atoms with E-state index in [-0.39, 0.29) is 5.56 Å². The Bertz CT molecular complexity index is 768. The Morgan fingerprint density at radius 1 is 1.05 bits per heavy atom. The Morgan fingerprint density at radius 3 is 2.74 bits per heavy atom. The summed E-state index contributed by atoms with van der Waals surface area (Å²) in [4.78, 5) is 15.3. The summed E-state index contributed by atoms with van der Waals surface area (Å²) in [6.45, 7) is 0. The molecule has 0 fully saturated rings. The molecule has 6 heteroatoms. The lowest BCUT2D eigenvalue weighted by molar-refractivity contribution is 0.0697. The van der Waals surface area contributed by atoms with Crippen molar-refractivity contribution in [3.8, 4) is 11.3 Å². The van der Waals surface area contributed by atoms with Crippen molar-refractivity contribution >= 4 is 17.0 Å². The van der Waals surface area contributed by atoms with Crippen LogP contribution in [0.2, 0.25) is 0 Å². The molecule has 0 saturated heterocycles. The van der Waals surface area contributed by atoms with Gasteiger partial charge in [-0.15, -0.1) is 10.2 Å². The molecule has 0 aliphatic carbocycles. The van der Waals surface area contributed by atoms with Gasteiger partial charge in [0.25, 0.3) is 0 Å². The van der Waals surface area contributed by atoms with E-state index in [0.717, 1.165) is 0 Å². The molecule has 0 bridgehead atoms. The molecule has 0 radical (unpaired) electrons. The molecule has 0 saturated carbocycles. The highest BCUT2D eigenvalue weighted by Crippen LogP contribution is 2.26. The standard InChI is InChI=1S/C13H8N4O2/c18-13(19)9-5-2-1-4-8(9)11-10-6-3-7-14-12(10)16-17-15-11/h1-7H,(H,18,19). The van der Waals surface area contributed by atoms with Crippen LogP contribution in [0.1, 0.15) is 10.4 Å². The molecular formula is C13H8N4O2. The van der Waals surface area contributed by atoms with Crippen LogP contribution in [-0.4, -0.2) is 31.5 Å². The van der Waals surface area contributed by atoms with E-state index in [1.807, 2.05) is 0 Å². The first-order valence-corrected chi connectivity index (χ1v) is 5.54. The molecule has 3 rings (SSSR count). The zero-order valence-corrected chi connectivity index (χ0v) is 9.69. The normalized spacial score (nSPS) is 10.5. The van der Waals surface area contributed by atoms with E-state index in [2.05, 4.69) is 20.4 Å². The zero-order valence-electron chi connectivity index (χ0n) is 9.69. The molecule has 6 nitrogen and oxygen atoms in total. The van der Waals surface area contributed by atoms with Crippen molar-refractivity contribution in [3.63, 3.8) is 0 Å². The van der Waals surface area contributed by atoms with Crippen LogP contribution in [-0.2, 0) is 0 Å². The topological polar surface area (TPSA) is 88.9 Å². The maximum absolute atomic E-state index is 11.3. The number of hydrogen-bond acceptors (Lipinski definition) is 5. The number of fused-ring (bicyclic) bond motifs is 1. The van der Waals surface area contributed by atoms with Crippen LogP contribution in [0.3, 0.4) is 0 Å². The minimum Gasteiger partial charge on any atom is -0.478 e. The molecule has 0 unspecified atom stereocenters. The number of hydrogen-bond donors (Lipinski definition) is 1. The highest BCUT2D eigenvalue weighted by atomic mass is 16.4. The number of carbonyl (C=O) groups is 1. The van der Waals surface area contributed by atoms with E-state index in [1.54, 1.807) is 36.5 Å². The first-order valence-electron chi connectivity index (χ1n) is 5.54. The van der Waals surface area contributed by atoms with Crippen molar-refractivity contribution in [1.29, 1.82) is 0 Å². The summed E-state index contributed by atoms with van der Waals surface area (Å²) >= 11 is 0. The van der Waals surface area contributed by atoms with E-state index >= 15 is 0 Å². The third-order valence-electron chi connectivity index (χ3n) is 2.74. The molecule has 92 valence electrons. The van der Waals surface area contributed by atoms with Crippen molar-refractivity contribution in [2.24, 2.45) is 0 Å². The first-order chi connectivity index (χ1) is 9.27. The smallest absolute Gasteiger partial charge is 0.336 e. The molecule has 0 amide bonds. The maximum Gasteiger partial charge on any atom is 0.336 e. The summed E-state index contributed by atoms with van der Waals surface area (Å²) in [5.41, 5.74) is 1.58. The largest absolute Gasteiger partial charge is 0.478 e. The Morgan fingerprint density at radius 2 is 1.89 bits per heavy atom. The summed E-state index contributed by atoms with van der Waals surface area (Å²) < 4.78 is 0. The number of pyridine rings is 1. The molecule has 0 aliphatic heterocycles. The van der Waals surface area contributed by atoms with Gasteiger partial charge in [-0.25, -0.2) is 9.78 Å². The molecule has 2 heterocycles. The van der Waals surface area contributed by atoms with Gasteiger partial charge in [-0.1, -0.05) is 18.2 Å². The van der Waals surface area contributed by atoms with Crippen molar-refractivity contribution in [2.45, 2.75) is 0 Å². The van der Waals surface area contributed by atoms with Gasteiger partial charge in [-0.3, -0.25) is 0 Å². The highest BCUT2D eigenvalue weighted by molar-refractivity contribution is 6.00. The van der Waals surface area contributed by atoms with E-state index in [4.69, 9.17) is 0 Å². The van der Waals surface area contributed by atoms with Crippen LogP contribution >= 0.6 is 0 Å². The van der Waals surface area contributed by atoms with Gasteiger partial charge in [0.05, 0.1) is 5.56 Å². The van der Waals surface area contributed by atoms with Gasteiger partial charge < -0.3 is 5.11 Å². The Hall–Kier alpha value is -2.89. The summed E-state index contributed by atoms with van der Waals surface area (Å²) in [6, 6.07) is 10.2. The van der Waals surface area contributed by atoms with Gasteiger partial charge in [0.1, 0.15) is 5.69 Å². The van der Waals surface area contributed by atoms with E-state index < -0.39 is 5.97 Å². The van der Waals surface area contributed by atoms with Crippen LogP contribution in [0, 0.1) is 0 Å². The quantitative estimate of drug-likeness (QED) is 0.747. The van der Waals surface area contributed by atoms with Gasteiger partial charge in [-0.05, 0) is 23.4 Å². The number of carboxylic acids is 1. The average molecular weight is 252 g/mol. The lowest BCUT2D eigenvalue weighted by Crippen LogP contribution is -2.02. The number of carboxylic acid groups (broad SMARTS) is 1. The number of aromatic carboxylic acids is 1. The van der Waals surface area contributed by atoms with E-state index in [0.29, 0.717) is 22.3 Å². The number of benzene rings is 1. The molecule has 1 aromatic carbocycles. The fourth-order valence-electron chi connectivity index (χ4n) is 1.90. The second-order valence-corrected chi connectivity index (χ2v) is 3.86. The third-order valence-corrected chi connectivity index (χ3v) is 2.74. The van der Waals surface area contributed by atoms with Crippen molar-refractivity contribution < 1.29 is 9.90 Å². The molecular weight excluding hydrogens is 244 g/mol. The molecule has 0 aliphatic rings. The molecule has 1 N–H and O–H groups in total. The minimum atomic E-state index is -1.01. The van der Waals surface area contributed by atoms with Gasteiger partial charge in [-0.2, -0.15) is 0 Å². The van der Waals surface area contributed by atoms with E-state index in [1.165, 1.54) is 6.07 Å². The van der Waals surface area contributed by atoms with Crippen LogP contribution in [0.4, 0.5) is 0 Å². The number of rotatable bonds is 2. The van der Waals surface area contributed by atoms with Gasteiger partial charge >= 0.3 is 5.97 Å². The zero-order chi connectivity index (χ0) is 13.2. The number of aromatic nitrogens is 4. The molecule has 19 heavy (non-hydrogen) atoms. The summed E-state index contributed by atoms with van der Waals surface area (Å²) in [6.07, 6.45) is 1.60. The Balaban J connectivity index is 2.34. The third kappa shape index (κ3) is 1.89. The number of nitrogens with zero attached hydrogens (tertiary/aromatic N) is 4. The predicted octanol–water partition coefficient (Wildman–Crippen LogP) is 1.78. The molecule has 0 spiro atoms. The average Bonchev–Trinajstić information content (AvgIpc) is 2.46. The van der Waals surface area contributed by atoms with Gasteiger partial charge in [0, 0.05) is 17.1 Å². The van der Waals surface area contributed by atoms with E-state index in [9.17, 15) is 9.90 Å². The SMILES string of the molecule is O=C(O)c1ccccc1-c1nnnc2ncccc12. The van der Waals surface area contributed by atoms with Crippen LogP contribution in [0.15, 0.2) is 42.6 Å². The molecule has 2 aromatic heterocycles. The van der Waals surface area contributed by atoms with Crippen LogP contribution in [0.25, 0.3) is 22.3 Å². The predicted molar refractivity (Wildman–Crippen MR) is 67.5 cm³/mol. The monoisotopic (exact) mass is 252 g/mol. The molecule has 3 aromatic rings. The Kier molecular flexibility index (Phi) is 2.60. The van der Waals surface area contributed by atoms with Gasteiger partial charge in [0.15, 0.2) is 5.65 Å². The fourth-order valence-corrected chi connectivity index (χ4v) is 1.90. The lowest BCUT2D eigenvalue weighted by atomic mass is 10.0. The highest BCUT2D eigenvalue weighted by Gasteiger charge is 2.15. The minimum absolute atomic E-state index is 0.174. The van der Waals surface area contributed by atoms with Crippen molar-refractivity contribution in [3.05, 3.63) is 48.2 Å². The summed E-state index contributed by atoms with van der Waals surface area (Å²) in [5, 5.41) is 21.3. The van der Waals surface area contributed by atoms with Crippen molar-refractivity contribution in [2.75, 3.05) is 0 Å². The lowest BCUT2D eigenvalue weighted by Gasteiger charge is -2.06. The van der Waals surface area contributed by atoms with Gasteiger partial charge in [0.2, 0.25) is 0 Å². The summed E-state index contributed by atoms with van der Waals surface area (Å²) in [5.74, 6) is -1.01. The second-order valence-electron chi connectivity index (χ2n) is 3.86. The fraction of sp³-hybridized carbons (Fsp3) is 0. The van der Waals surface area contributed by atoms with Crippen molar-refractivity contribution in [1.82, 2.24) is 20.4 Å². The maximum atomic E-state index is 11.3. The molecule has 0 atom stereocenters. The van der Waals surface area contributed by atoms with Crippen LogP contribution in [0.5, 0.6) is 0 Å². The Labute approximate surface area is 107 Å². The van der Waals surface area contributed by atoms with Crippen LogP contribution < -0.4 is 0 Å². The summed E-state index contributed by atoms with van der Waals surface area (Å²) in [7, 11) is 0.